The molecule has 1 N–H and O–H groups in total. The molecule has 0 aromatic heterocycles. The van der Waals surface area contributed by atoms with Crippen molar-refractivity contribution in [3.05, 3.63) is 0 Å². The van der Waals surface area contributed by atoms with E-state index in [-0.39, 0.29) is 25.6 Å². The van der Waals surface area contributed by atoms with Crippen molar-refractivity contribution < 1.29 is 33.7 Å². The van der Waals surface area contributed by atoms with E-state index >= 15 is 0 Å². The van der Waals surface area contributed by atoms with Crippen molar-refractivity contribution in [2.45, 2.75) is 110 Å². The highest BCUT2D eigenvalue weighted by Gasteiger charge is 2.20. The van der Waals surface area contributed by atoms with Crippen molar-refractivity contribution in [2.75, 3.05) is 13.2 Å². The Kier molecular flexibility index (Phi) is 17.4. The summed E-state index contributed by atoms with van der Waals surface area (Å²) in [7, 11) is 0. The molecule has 2 atom stereocenters. The molecule has 0 rings (SSSR count). The fourth-order valence-electron chi connectivity index (χ4n) is 2.66. The van der Waals surface area contributed by atoms with Gasteiger partial charge in [-0.15, -0.1) is 0 Å². The Morgan fingerprint density at radius 3 is 1.72 bits per heavy atom. The zero-order chi connectivity index (χ0) is 21.9. The number of rotatable bonds is 18. The van der Waals surface area contributed by atoms with Crippen molar-refractivity contribution in [3.8, 4) is 0 Å². The summed E-state index contributed by atoms with van der Waals surface area (Å²) in [6.45, 7) is 5.13. The summed E-state index contributed by atoms with van der Waals surface area (Å²) in [5.41, 5.74) is 0. The molecule has 0 fully saturated rings. The molecule has 29 heavy (non-hydrogen) atoms. The van der Waals surface area contributed by atoms with Crippen LogP contribution in [-0.4, -0.2) is 48.4 Å². The van der Waals surface area contributed by atoms with Gasteiger partial charge in [-0.1, -0.05) is 65.2 Å². The van der Waals surface area contributed by atoms with E-state index < -0.39 is 24.1 Å². The van der Waals surface area contributed by atoms with Gasteiger partial charge in [0.2, 0.25) is 0 Å². The minimum atomic E-state index is -1.27. The second kappa shape index (κ2) is 18.4. The predicted molar refractivity (Wildman–Crippen MR) is 110 cm³/mol. The van der Waals surface area contributed by atoms with Gasteiger partial charge < -0.3 is 19.3 Å². The lowest BCUT2D eigenvalue weighted by Crippen LogP contribution is -2.32. The van der Waals surface area contributed by atoms with Crippen molar-refractivity contribution >= 4 is 17.9 Å². The SMILES string of the molecule is CCCCCCCC(=O)OCC(COC(=O)[C@H](C)O)OC(=O)CCCCCCC. The number of carbonyl (C=O) groups excluding carboxylic acids is 3. The summed E-state index contributed by atoms with van der Waals surface area (Å²) < 4.78 is 15.4. The number of unbranched alkanes of at least 4 members (excludes halogenated alkanes) is 8. The molecule has 0 aliphatic carbocycles. The molecule has 0 saturated carbocycles. The Morgan fingerprint density at radius 1 is 0.724 bits per heavy atom. The molecule has 0 heterocycles. The van der Waals surface area contributed by atoms with Crippen LogP contribution in [0.15, 0.2) is 0 Å². The maximum Gasteiger partial charge on any atom is 0.334 e. The van der Waals surface area contributed by atoms with E-state index in [0.717, 1.165) is 64.2 Å². The van der Waals surface area contributed by atoms with Gasteiger partial charge >= 0.3 is 17.9 Å². The summed E-state index contributed by atoms with van der Waals surface area (Å²) in [6, 6.07) is 0. The van der Waals surface area contributed by atoms with Crippen LogP contribution in [0.3, 0.4) is 0 Å². The van der Waals surface area contributed by atoms with Crippen LogP contribution in [0.25, 0.3) is 0 Å². The number of aliphatic hydroxyl groups excluding tert-OH is 1. The molecular weight excluding hydrogens is 376 g/mol. The van der Waals surface area contributed by atoms with Crippen LogP contribution in [0.1, 0.15) is 97.8 Å². The molecule has 0 amide bonds. The molecule has 0 aliphatic heterocycles. The van der Waals surface area contributed by atoms with Gasteiger partial charge in [-0.3, -0.25) is 9.59 Å². The lowest BCUT2D eigenvalue weighted by atomic mass is 10.1. The van der Waals surface area contributed by atoms with Crippen LogP contribution in [0.5, 0.6) is 0 Å². The molecule has 0 aromatic rings. The first kappa shape index (κ1) is 27.4. The van der Waals surface area contributed by atoms with Gasteiger partial charge in [0.25, 0.3) is 0 Å². The van der Waals surface area contributed by atoms with Gasteiger partial charge in [-0.25, -0.2) is 4.79 Å². The topological polar surface area (TPSA) is 99.1 Å². The molecule has 0 spiro atoms. The Balaban J connectivity index is 4.32. The predicted octanol–water partition coefficient (Wildman–Crippen LogP) is 4.09. The van der Waals surface area contributed by atoms with Crippen LogP contribution < -0.4 is 0 Å². The molecular formula is C22H40O7. The van der Waals surface area contributed by atoms with Crippen molar-refractivity contribution in [1.82, 2.24) is 0 Å². The van der Waals surface area contributed by atoms with E-state index in [9.17, 15) is 19.5 Å². The molecule has 0 aromatic carbocycles. The maximum atomic E-state index is 12.0. The zero-order valence-electron chi connectivity index (χ0n) is 18.5. The Hall–Kier alpha value is -1.63. The normalized spacial score (nSPS) is 12.8. The molecule has 7 heteroatoms. The first-order valence-electron chi connectivity index (χ1n) is 11.1. The molecule has 7 nitrogen and oxygen atoms in total. The maximum absolute atomic E-state index is 12.0. The standard InChI is InChI=1S/C22H40O7/c1-4-6-8-10-12-14-20(24)27-16-19(17-28-22(26)18(3)23)29-21(25)15-13-11-9-7-5-2/h18-19,23H,4-17H2,1-3H3/t18-,19?/m0/s1. The van der Waals surface area contributed by atoms with Gasteiger partial charge in [0.1, 0.15) is 19.3 Å². The average molecular weight is 417 g/mol. The third-order valence-corrected chi connectivity index (χ3v) is 4.45. The number of hydrogen-bond donors (Lipinski definition) is 1. The Bertz CT molecular complexity index is 448. The van der Waals surface area contributed by atoms with E-state index in [1.165, 1.54) is 6.92 Å². The average Bonchev–Trinajstić information content (AvgIpc) is 2.69. The smallest absolute Gasteiger partial charge is 0.334 e. The quantitative estimate of drug-likeness (QED) is 0.204. The van der Waals surface area contributed by atoms with Gasteiger partial charge in [0, 0.05) is 12.8 Å². The lowest BCUT2D eigenvalue weighted by molar-refractivity contribution is -0.169. The molecule has 0 bridgehead atoms. The van der Waals surface area contributed by atoms with Crippen LogP contribution >= 0.6 is 0 Å². The summed E-state index contributed by atoms with van der Waals surface area (Å²) >= 11 is 0. The highest BCUT2D eigenvalue weighted by molar-refractivity contribution is 5.74. The van der Waals surface area contributed by atoms with Crippen LogP contribution in [0, 0.1) is 0 Å². The van der Waals surface area contributed by atoms with E-state index in [1.807, 2.05) is 0 Å². The van der Waals surface area contributed by atoms with E-state index in [1.54, 1.807) is 0 Å². The third kappa shape index (κ3) is 17.0. The van der Waals surface area contributed by atoms with E-state index in [0.29, 0.717) is 6.42 Å². The van der Waals surface area contributed by atoms with E-state index in [4.69, 9.17) is 14.2 Å². The number of ether oxygens (including phenoxy) is 3. The van der Waals surface area contributed by atoms with Crippen molar-refractivity contribution in [3.63, 3.8) is 0 Å². The number of esters is 3. The van der Waals surface area contributed by atoms with Crippen LogP contribution in [-0.2, 0) is 28.6 Å². The summed E-state index contributed by atoms with van der Waals surface area (Å²) in [4.78, 5) is 35.4. The highest BCUT2D eigenvalue weighted by Crippen LogP contribution is 2.09. The Morgan fingerprint density at radius 2 is 1.21 bits per heavy atom. The third-order valence-electron chi connectivity index (χ3n) is 4.45. The molecule has 1 unspecified atom stereocenters. The van der Waals surface area contributed by atoms with Crippen molar-refractivity contribution in [1.29, 1.82) is 0 Å². The molecule has 0 radical (unpaired) electrons. The number of carbonyl (C=O) groups is 3. The minimum Gasteiger partial charge on any atom is -0.462 e. The van der Waals surface area contributed by atoms with Gasteiger partial charge in [0.15, 0.2) is 6.10 Å². The van der Waals surface area contributed by atoms with Gasteiger partial charge in [-0.05, 0) is 19.8 Å². The fraction of sp³-hybridized carbons (Fsp3) is 0.864. The first-order chi connectivity index (χ1) is 13.9. The lowest BCUT2D eigenvalue weighted by Gasteiger charge is -2.18. The summed E-state index contributed by atoms with van der Waals surface area (Å²) in [5, 5.41) is 9.21. The fourth-order valence-corrected chi connectivity index (χ4v) is 2.66. The van der Waals surface area contributed by atoms with E-state index in [2.05, 4.69) is 13.8 Å². The first-order valence-corrected chi connectivity index (χ1v) is 11.1. The van der Waals surface area contributed by atoms with Gasteiger partial charge in [0.05, 0.1) is 0 Å². The number of hydrogen-bond acceptors (Lipinski definition) is 7. The molecule has 0 saturated heterocycles. The second-order valence-corrected chi connectivity index (χ2v) is 7.43. The van der Waals surface area contributed by atoms with Gasteiger partial charge in [-0.2, -0.15) is 0 Å². The molecule has 170 valence electrons. The minimum absolute atomic E-state index is 0.164. The summed E-state index contributed by atoms with van der Waals surface area (Å²) in [5.74, 6) is -1.58. The highest BCUT2D eigenvalue weighted by atomic mass is 16.6. The van der Waals surface area contributed by atoms with Crippen LogP contribution in [0.4, 0.5) is 0 Å². The number of aliphatic hydroxyl groups is 1. The van der Waals surface area contributed by atoms with Crippen molar-refractivity contribution in [2.24, 2.45) is 0 Å². The second-order valence-electron chi connectivity index (χ2n) is 7.43. The monoisotopic (exact) mass is 416 g/mol. The Labute approximate surface area is 175 Å². The molecule has 0 aliphatic rings. The summed E-state index contributed by atoms with van der Waals surface area (Å²) in [6.07, 6.45) is 8.61. The zero-order valence-corrected chi connectivity index (χ0v) is 18.5. The van der Waals surface area contributed by atoms with Crippen LogP contribution in [0.2, 0.25) is 0 Å². The largest absolute Gasteiger partial charge is 0.462 e.